The first kappa shape index (κ1) is 10.6. The topological polar surface area (TPSA) is 95.2 Å². The van der Waals surface area contributed by atoms with Gasteiger partial charge in [0.25, 0.3) is 5.69 Å². The molecule has 0 aromatic heterocycles. The second-order valence-corrected chi connectivity index (χ2v) is 3.00. The third-order valence-corrected chi connectivity index (χ3v) is 2.01. The van der Waals surface area contributed by atoms with Gasteiger partial charge in [0.05, 0.1) is 4.92 Å². The van der Waals surface area contributed by atoms with Crippen LogP contribution in [0, 0.1) is 10.1 Å². The van der Waals surface area contributed by atoms with E-state index in [0.29, 0.717) is 18.5 Å². The van der Waals surface area contributed by atoms with Gasteiger partial charge in [-0.1, -0.05) is 18.2 Å². The molecule has 1 aromatic carbocycles. The van der Waals surface area contributed by atoms with Crippen LogP contribution in [0.15, 0.2) is 24.3 Å². The van der Waals surface area contributed by atoms with Crippen molar-refractivity contribution < 1.29 is 4.92 Å². The highest BCUT2D eigenvalue weighted by atomic mass is 16.6. The van der Waals surface area contributed by atoms with Crippen LogP contribution in [0.5, 0.6) is 0 Å². The second-order valence-electron chi connectivity index (χ2n) is 3.00. The Balaban J connectivity index is 3.00. The molecule has 5 heteroatoms. The molecule has 1 aromatic rings. The third-order valence-electron chi connectivity index (χ3n) is 2.01. The van der Waals surface area contributed by atoms with Crippen LogP contribution in [-0.4, -0.2) is 11.5 Å². The van der Waals surface area contributed by atoms with Crippen molar-refractivity contribution in [1.82, 2.24) is 0 Å². The van der Waals surface area contributed by atoms with Crippen LogP contribution in [0.2, 0.25) is 0 Å². The van der Waals surface area contributed by atoms with Gasteiger partial charge in [-0.15, -0.1) is 0 Å². The SMILES string of the molecule is NCC[C@H](N)c1ccccc1[N+](=O)[O-]. The number of rotatable bonds is 4. The monoisotopic (exact) mass is 195 g/mol. The zero-order valence-electron chi connectivity index (χ0n) is 7.72. The van der Waals surface area contributed by atoms with E-state index in [1.54, 1.807) is 18.2 Å². The molecule has 1 rings (SSSR count). The lowest BCUT2D eigenvalue weighted by Gasteiger charge is -2.10. The van der Waals surface area contributed by atoms with E-state index in [9.17, 15) is 10.1 Å². The average Bonchev–Trinajstić information content (AvgIpc) is 2.18. The lowest BCUT2D eigenvalue weighted by atomic mass is 10.0. The van der Waals surface area contributed by atoms with Gasteiger partial charge in [-0.3, -0.25) is 10.1 Å². The van der Waals surface area contributed by atoms with Crippen LogP contribution in [0.1, 0.15) is 18.0 Å². The van der Waals surface area contributed by atoms with Crippen LogP contribution >= 0.6 is 0 Å². The summed E-state index contributed by atoms with van der Waals surface area (Å²) in [6.45, 7) is 0.424. The van der Waals surface area contributed by atoms with Crippen LogP contribution in [0.3, 0.4) is 0 Å². The van der Waals surface area contributed by atoms with E-state index in [4.69, 9.17) is 11.5 Å². The summed E-state index contributed by atoms with van der Waals surface area (Å²) in [6.07, 6.45) is 0.546. The van der Waals surface area contributed by atoms with Gasteiger partial charge in [-0.25, -0.2) is 0 Å². The normalized spacial score (nSPS) is 12.4. The van der Waals surface area contributed by atoms with E-state index in [-0.39, 0.29) is 11.7 Å². The Morgan fingerprint density at radius 2 is 2.07 bits per heavy atom. The lowest BCUT2D eigenvalue weighted by molar-refractivity contribution is -0.385. The van der Waals surface area contributed by atoms with Crippen LogP contribution in [0.25, 0.3) is 0 Å². The summed E-state index contributed by atoms with van der Waals surface area (Å²) in [5.74, 6) is 0. The van der Waals surface area contributed by atoms with Gasteiger partial charge in [-0.2, -0.15) is 0 Å². The quantitative estimate of drug-likeness (QED) is 0.552. The molecule has 0 aliphatic carbocycles. The molecule has 0 aliphatic rings. The maximum absolute atomic E-state index is 10.6. The highest BCUT2D eigenvalue weighted by Crippen LogP contribution is 2.24. The molecule has 0 heterocycles. The van der Waals surface area contributed by atoms with Gasteiger partial charge in [0.2, 0.25) is 0 Å². The fourth-order valence-corrected chi connectivity index (χ4v) is 1.30. The maximum atomic E-state index is 10.6. The van der Waals surface area contributed by atoms with Gasteiger partial charge < -0.3 is 11.5 Å². The number of hydrogen-bond donors (Lipinski definition) is 2. The molecule has 0 unspecified atom stereocenters. The van der Waals surface area contributed by atoms with E-state index in [1.807, 2.05) is 0 Å². The largest absolute Gasteiger partial charge is 0.330 e. The molecule has 0 radical (unpaired) electrons. The summed E-state index contributed by atoms with van der Waals surface area (Å²) in [5, 5.41) is 10.6. The summed E-state index contributed by atoms with van der Waals surface area (Å²) < 4.78 is 0. The number of benzene rings is 1. The van der Waals surface area contributed by atoms with E-state index in [1.165, 1.54) is 6.07 Å². The van der Waals surface area contributed by atoms with Crippen molar-refractivity contribution in [2.75, 3.05) is 6.54 Å². The minimum Gasteiger partial charge on any atom is -0.330 e. The Bertz CT molecular complexity index is 328. The number of nitro groups is 1. The molecule has 0 aliphatic heterocycles. The van der Waals surface area contributed by atoms with Gasteiger partial charge in [0.1, 0.15) is 0 Å². The van der Waals surface area contributed by atoms with E-state index in [2.05, 4.69) is 0 Å². The third kappa shape index (κ3) is 2.27. The molecular formula is C9H13N3O2. The maximum Gasteiger partial charge on any atom is 0.274 e. The van der Waals surface area contributed by atoms with Crippen molar-refractivity contribution in [3.05, 3.63) is 39.9 Å². The molecule has 0 saturated heterocycles. The van der Waals surface area contributed by atoms with Crippen molar-refractivity contribution in [3.63, 3.8) is 0 Å². The molecule has 0 amide bonds. The standard InChI is InChI=1S/C9H13N3O2/c10-6-5-8(11)7-3-1-2-4-9(7)12(13)14/h1-4,8H,5-6,10-11H2/t8-/m0/s1. The van der Waals surface area contributed by atoms with Crippen molar-refractivity contribution in [1.29, 1.82) is 0 Å². The first-order chi connectivity index (χ1) is 6.66. The number of nitrogens with zero attached hydrogens (tertiary/aromatic N) is 1. The van der Waals surface area contributed by atoms with E-state index >= 15 is 0 Å². The molecule has 0 bridgehead atoms. The van der Waals surface area contributed by atoms with Gasteiger partial charge in [0, 0.05) is 17.7 Å². The molecule has 4 N–H and O–H groups in total. The number of hydrogen-bond acceptors (Lipinski definition) is 4. The van der Waals surface area contributed by atoms with E-state index < -0.39 is 4.92 Å². The molecule has 0 saturated carbocycles. The Kier molecular flexibility index (Phi) is 3.55. The lowest BCUT2D eigenvalue weighted by Crippen LogP contribution is -2.16. The molecule has 14 heavy (non-hydrogen) atoms. The predicted molar refractivity (Wildman–Crippen MR) is 53.7 cm³/mol. The zero-order chi connectivity index (χ0) is 10.6. The van der Waals surface area contributed by atoms with Gasteiger partial charge in [0.15, 0.2) is 0 Å². The molecule has 0 fully saturated rings. The minimum atomic E-state index is -0.425. The number of nitro benzene ring substituents is 1. The van der Waals surface area contributed by atoms with Crippen molar-refractivity contribution in [2.24, 2.45) is 11.5 Å². The number of nitrogens with two attached hydrogens (primary N) is 2. The Morgan fingerprint density at radius 3 is 2.64 bits per heavy atom. The first-order valence-corrected chi connectivity index (χ1v) is 4.35. The Morgan fingerprint density at radius 1 is 1.43 bits per heavy atom. The Labute approximate surface area is 81.9 Å². The molecule has 5 nitrogen and oxygen atoms in total. The van der Waals surface area contributed by atoms with Crippen LogP contribution < -0.4 is 11.5 Å². The van der Waals surface area contributed by atoms with Crippen molar-refractivity contribution in [2.45, 2.75) is 12.5 Å². The second kappa shape index (κ2) is 4.69. The molecular weight excluding hydrogens is 182 g/mol. The van der Waals surface area contributed by atoms with Crippen LogP contribution in [-0.2, 0) is 0 Å². The highest BCUT2D eigenvalue weighted by Gasteiger charge is 2.17. The fraction of sp³-hybridized carbons (Fsp3) is 0.333. The number of para-hydroxylation sites is 1. The van der Waals surface area contributed by atoms with Crippen molar-refractivity contribution >= 4 is 5.69 Å². The van der Waals surface area contributed by atoms with Gasteiger partial charge in [-0.05, 0) is 13.0 Å². The van der Waals surface area contributed by atoms with Gasteiger partial charge >= 0.3 is 0 Å². The highest BCUT2D eigenvalue weighted by molar-refractivity contribution is 5.41. The zero-order valence-corrected chi connectivity index (χ0v) is 7.72. The molecule has 1 atom stereocenters. The van der Waals surface area contributed by atoms with Crippen LogP contribution in [0.4, 0.5) is 5.69 Å². The molecule has 76 valence electrons. The summed E-state index contributed by atoms with van der Waals surface area (Å²) in [5.41, 5.74) is 11.7. The summed E-state index contributed by atoms with van der Waals surface area (Å²) in [6, 6.07) is 6.11. The first-order valence-electron chi connectivity index (χ1n) is 4.35. The van der Waals surface area contributed by atoms with Crippen molar-refractivity contribution in [3.8, 4) is 0 Å². The Hall–Kier alpha value is -1.46. The fourth-order valence-electron chi connectivity index (χ4n) is 1.30. The smallest absolute Gasteiger partial charge is 0.274 e. The summed E-state index contributed by atoms with van der Waals surface area (Å²) >= 11 is 0. The minimum absolute atomic E-state index is 0.0634. The summed E-state index contributed by atoms with van der Waals surface area (Å²) in [7, 11) is 0. The van der Waals surface area contributed by atoms with E-state index in [0.717, 1.165) is 0 Å². The predicted octanol–water partition coefficient (Wildman–Crippen LogP) is 0.943. The summed E-state index contributed by atoms with van der Waals surface area (Å²) in [4.78, 5) is 10.2. The average molecular weight is 195 g/mol. The molecule has 0 spiro atoms.